The van der Waals surface area contributed by atoms with E-state index < -0.39 is 10.0 Å². The fraction of sp³-hybridized carbons (Fsp3) is 0.0952. The summed E-state index contributed by atoms with van der Waals surface area (Å²) in [6, 6.07) is 17.9. The molecule has 0 saturated heterocycles. The molecule has 0 saturated carbocycles. The summed E-state index contributed by atoms with van der Waals surface area (Å²) < 4.78 is 35.9. The van der Waals surface area contributed by atoms with Crippen LogP contribution in [0.4, 0.5) is 5.69 Å². The predicted molar refractivity (Wildman–Crippen MR) is 109 cm³/mol. The van der Waals surface area contributed by atoms with Gasteiger partial charge in [0.1, 0.15) is 16.3 Å². The average Bonchev–Trinajstić information content (AvgIpc) is 3.11. The molecule has 0 unspecified atom stereocenters. The van der Waals surface area contributed by atoms with Crippen LogP contribution >= 0.6 is 0 Å². The summed E-state index contributed by atoms with van der Waals surface area (Å²) in [4.78, 5) is 4.68. The monoisotopic (exact) mass is 393 g/mol. The van der Waals surface area contributed by atoms with Crippen LogP contribution in [0.15, 0.2) is 78.0 Å². The summed E-state index contributed by atoms with van der Waals surface area (Å²) in [6.45, 7) is 1.88. The molecule has 0 aliphatic carbocycles. The topological polar surface area (TPSA) is 72.7 Å². The first-order chi connectivity index (χ1) is 13.5. The van der Waals surface area contributed by atoms with E-state index in [2.05, 4.69) is 9.71 Å². The third-order valence-corrected chi connectivity index (χ3v) is 5.82. The van der Waals surface area contributed by atoms with Crippen LogP contribution in [0.3, 0.4) is 0 Å². The maximum Gasteiger partial charge on any atom is 0.265 e. The number of hydrogen-bond acceptors (Lipinski definition) is 4. The maximum atomic E-state index is 13.0. The minimum atomic E-state index is -3.84. The zero-order valence-corrected chi connectivity index (χ0v) is 16.3. The van der Waals surface area contributed by atoms with Crippen LogP contribution in [-0.2, 0) is 10.0 Å². The van der Waals surface area contributed by atoms with Gasteiger partial charge < -0.3 is 9.14 Å². The Morgan fingerprint density at radius 3 is 2.61 bits per heavy atom. The van der Waals surface area contributed by atoms with Crippen molar-refractivity contribution in [2.24, 2.45) is 0 Å². The SMILES string of the molecule is COc1cc(C)ccc1S(=O)(=O)Nc1ccccc1-c1cn2ccccc2n1. The van der Waals surface area contributed by atoms with Crippen LogP contribution in [0.5, 0.6) is 5.75 Å². The van der Waals surface area contributed by atoms with Gasteiger partial charge >= 0.3 is 0 Å². The second-order valence-electron chi connectivity index (χ2n) is 6.40. The molecular weight excluding hydrogens is 374 g/mol. The smallest absolute Gasteiger partial charge is 0.265 e. The molecule has 142 valence electrons. The number of aromatic nitrogens is 2. The van der Waals surface area contributed by atoms with E-state index in [-0.39, 0.29) is 4.90 Å². The van der Waals surface area contributed by atoms with Gasteiger partial charge in [-0.15, -0.1) is 0 Å². The van der Waals surface area contributed by atoms with Gasteiger partial charge in [0, 0.05) is 18.0 Å². The third kappa shape index (κ3) is 3.32. The van der Waals surface area contributed by atoms with Gasteiger partial charge in [-0.3, -0.25) is 4.72 Å². The maximum absolute atomic E-state index is 13.0. The molecule has 4 aromatic rings. The van der Waals surface area contributed by atoms with Gasteiger partial charge in [-0.25, -0.2) is 13.4 Å². The average molecular weight is 393 g/mol. The quantitative estimate of drug-likeness (QED) is 0.554. The van der Waals surface area contributed by atoms with Gasteiger partial charge in [0.05, 0.1) is 18.5 Å². The highest BCUT2D eigenvalue weighted by atomic mass is 32.2. The molecule has 7 heteroatoms. The van der Waals surface area contributed by atoms with Crippen molar-refractivity contribution in [3.05, 3.63) is 78.6 Å². The first kappa shape index (κ1) is 18.1. The van der Waals surface area contributed by atoms with E-state index in [4.69, 9.17) is 4.74 Å². The highest BCUT2D eigenvalue weighted by molar-refractivity contribution is 7.92. The van der Waals surface area contributed by atoms with Crippen LogP contribution in [0, 0.1) is 6.92 Å². The Balaban J connectivity index is 1.77. The van der Waals surface area contributed by atoms with E-state index in [0.29, 0.717) is 22.7 Å². The van der Waals surface area contributed by atoms with E-state index >= 15 is 0 Å². The second-order valence-corrected chi connectivity index (χ2v) is 8.05. The lowest BCUT2D eigenvalue weighted by molar-refractivity contribution is 0.402. The van der Waals surface area contributed by atoms with Crippen LogP contribution in [0.1, 0.15) is 5.56 Å². The lowest BCUT2D eigenvalue weighted by Crippen LogP contribution is -2.14. The van der Waals surface area contributed by atoms with E-state index in [1.807, 2.05) is 54.0 Å². The van der Waals surface area contributed by atoms with E-state index in [0.717, 1.165) is 11.2 Å². The van der Waals surface area contributed by atoms with Gasteiger partial charge in [-0.1, -0.05) is 30.3 Å². The largest absolute Gasteiger partial charge is 0.495 e. The number of fused-ring (bicyclic) bond motifs is 1. The van der Waals surface area contributed by atoms with Crippen molar-refractivity contribution in [2.75, 3.05) is 11.8 Å². The van der Waals surface area contributed by atoms with Gasteiger partial charge in [0.15, 0.2) is 0 Å². The Bertz CT molecular complexity index is 1230. The number of sulfonamides is 1. The third-order valence-electron chi connectivity index (χ3n) is 4.42. The highest BCUT2D eigenvalue weighted by Crippen LogP contribution is 2.31. The van der Waals surface area contributed by atoms with E-state index in [9.17, 15) is 8.42 Å². The summed E-state index contributed by atoms with van der Waals surface area (Å²) in [5.41, 5.74) is 3.53. The normalized spacial score (nSPS) is 11.5. The first-order valence-electron chi connectivity index (χ1n) is 8.68. The number of pyridine rings is 1. The molecule has 28 heavy (non-hydrogen) atoms. The minimum absolute atomic E-state index is 0.0883. The first-order valence-corrected chi connectivity index (χ1v) is 10.2. The highest BCUT2D eigenvalue weighted by Gasteiger charge is 2.21. The summed E-state index contributed by atoms with van der Waals surface area (Å²) in [5.74, 6) is 0.303. The van der Waals surface area contributed by atoms with Crippen LogP contribution in [0.25, 0.3) is 16.9 Å². The number of methoxy groups -OCH3 is 1. The fourth-order valence-corrected chi connectivity index (χ4v) is 4.29. The Hall–Kier alpha value is -3.32. The van der Waals surface area contributed by atoms with Crippen LogP contribution in [-0.4, -0.2) is 24.9 Å². The summed E-state index contributed by atoms with van der Waals surface area (Å²) >= 11 is 0. The minimum Gasteiger partial charge on any atom is -0.495 e. The van der Waals surface area contributed by atoms with Crippen molar-refractivity contribution in [2.45, 2.75) is 11.8 Å². The number of nitrogens with one attached hydrogen (secondary N) is 1. The van der Waals surface area contributed by atoms with Crippen LogP contribution < -0.4 is 9.46 Å². The molecule has 0 atom stereocenters. The fourth-order valence-electron chi connectivity index (χ4n) is 3.06. The van der Waals surface area contributed by atoms with Crippen molar-refractivity contribution in [3.63, 3.8) is 0 Å². The lowest BCUT2D eigenvalue weighted by atomic mass is 10.1. The molecule has 0 aliphatic heterocycles. The van der Waals surface area contributed by atoms with Crippen molar-refractivity contribution < 1.29 is 13.2 Å². The number of ether oxygens (including phenoxy) is 1. The molecule has 4 rings (SSSR count). The summed E-state index contributed by atoms with van der Waals surface area (Å²) in [5, 5.41) is 0. The second kappa shape index (κ2) is 7.01. The molecule has 0 amide bonds. The zero-order chi connectivity index (χ0) is 19.7. The number of aryl methyl sites for hydroxylation is 1. The number of imidazole rings is 1. The van der Waals surface area contributed by atoms with E-state index in [1.54, 1.807) is 30.3 Å². The van der Waals surface area contributed by atoms with Gasteiger partial charge in [0.25, 0.3) is 10.0 Å². The number of para-hydroxylation sites is 1. The molecule has 0 spiro atoms. The van der Waals surface area contributed by atoms with Crippen molar-refractivity contribution in [1.82, 2.24) is 9.38 Å². The molecule has 2 aromatic carbocycles. The van der Waals surface area contributed by atoms with Gasteiger partial charge in [0.2, 0.25) is 0 Å². The number of anilines is 1. The zero-order valence-electron chi connectivity index (χ0n) is 15.5. The van der Waals surface area contributed by atoms with Crippen molar-refractivity contribution >= 4 is 21.4 Å². The molecule has 2 heterocycles. The number of hydrogen-bond donors (Lipinski definition) is 1. The van der Waals surface area contributed by atoms with Crippen molar-refractivity contribution in [3.8, 4) is 17.0 Å². The van der Waals surface area contributed by atoms with Gasteiger partial charge in [-0.05, 0) is 42.8 Å². The molecule has 0 fully saturated rings. The lowest BCUT2D eigenvalue weighted by Gasteiger charge is -2.14. The van der Waals surface area contributed by atoms with Crippen LogP contribution in [0.2, 0.25) is 0 Å². The molecule has 2 aromatic heterocycles. The predicted octanol–water partition coefficient (Wildman–Crippen LogP) is 4.12. The Morgan fingerprint density at radius 1 is 1.04 bits per heavy atom. The molecule has 0 radical (unpaired) electrons. The number of benzene rings is 2. The Morgan fingerprint density at radius 2 is 1.82 bits per heavy atom. The summed E-state index contributed by atoms with van der Waals surface area (Å²) in [6.07, 6.45) is 3.77. The van der Waals surface area contributed by atoms with Gasteiger partial charge in [-0.2, -0.15) is 0 Å². The molecule has 6 nitrogen and oxygen atoms in total. The molecule has 1 N–H and O–H groups in total. The molecular formula is C21H19N3O3S. The number of nitrogens with zero attached hydrogens (tertiary/aromatic N) is 2. The Labute approximate surface area is 163 Å². The molecule has 0 aliphatic rings. The standard InChI is InChI=1S/C21H19N3O3S/c1-15-10-11-20(19(13-15)27-2)28(25,26)23-17-8-4-3-7-16(17)18-14-24-12-6-5-9-21(24)22-18/h3-14,23H,1-2H3. The molecule has 0 bridgehead atoms. The van der Waals surface area contributed by atoms with Crippen molar-refractivity contribution in [1.29, 1.82) is 0 Å². The van der Waals surface area contributed by atoms with E-state index in [1.165, 1.54) is 7.11 Å². The summed E-state index contributed by atoms with van der Waals surface area (Å²) in [7, 11) is -2.39. The number of rotatable bonds is 5. The Kier molecular flexibility index (Phi) is 4.52.